The van der Waals surface area contributed by atoms with E-state index in [9.17, 15) is 0 Å². The van der Waals surface area contributed by atoms with Crippen LogP contribution in [0.3, 0.4) is 0 Å². The predicted molar refractivity (Wildman–Crippen MR) is 82.1 cm³/mol. The van der Waals surface area contributed by atoms with Gasteiger partial charge in [0.2, 0.25) is 0 Å². The van der Waals surface area contributed by atoms with Crippen LogP contribution in [0.2, 0.25) is 5.02 Å². The molecule has 0 spiro atoms. The Morgan fingerprint density at radius 3 is 2.32 bits per heavy atom. The van der Waals surface area contributed by atoms with E-state index in [1.54, 1.807) is 7.11 Å². The Kier molecular flexibility index (Phi) is 6.11. The number of rotatable bonds is 6. The fourth-order valence-electron chi connectivity index (χ4n) is 2.65. The zero-order valence-corrected chi connectivity index (χ0v) is 13.1. The number of aryl methyl sites for hydroxylation is 1. The summed E-state index contributed by atoms with van der Waals surface area (Å²) in [5, 5.41) is 0.789. The van der Waals surface area contributed by atoms with Gasteiger partial charge in [0.05, 0.1) is 7.11 Å². The molecule has 0 saturated carbocycles. The van der Waals surface area contributed by atoms with Crippen LogP contribution in [-0.2, 0) is 0 Å². The molecule has 0 fully saturated rings. The van der Waals surface area contributed by atoms with Crippen molar-refractivity contribution in [3.8, 4) is 5.75 Å². The van der Waals surface area contributed by atoms with Crippen molar-refractivity contribution < 1.29 is 4.74 Å². The zero-order valence-electron chi connectivity index (χ0n) is 12.3. The molecule has 4 N–H and O–H groups in total. The molecule has 1 atom stereocenters. The van der Waals surface area contributed by atoms with Gasteiger partial charge in [-0.15, -0.1) is 0 Å². The zero-order chi connectivity index (χ0) is 14.6. The van der Waals surface area contributed by atoms with E-state index in [0.717, 1.165) is 28.3 Å². The average molecular weight is 285 g/mol. The van der Waals surface area contributed by atoms with Crippen LogP contribution in [0.25, 0.3) is 0 Å². The maximum absolute atomic E-state index is 6.29. The lowest BCUT2D eigenvalue weighted by Crippen LogP contribution is -2.25. The lowest BCUT2D eigenvalue weighted by atomic mass is 9.86. The minimum absolute atomic E-state index is 0.324. The summed E-state index contributed by atoms with van der Waals surface area (Å²) in [5.41, 5.74) is 14.8. The molecule has 0 bridgehead atoms. The molecule has 0 aliphatic heterocycles. The molecule has 1 unspecified atom stereocenters. The van der Waals surface area contributed by atoms with Crippen LogP contribution in [0.15, 0.2) is 6.07 Å². The molecule has 0 aromatic heterocycles. The molecule has 0 saturated heterocycles. The number of methoxy groups -OCH3 is 1. The van der Waals surface area contributed by atoms with Gasteiger partial charge in [-0.1, -0.05) is 18.5 Å². The molecular formula is C15H25ClN2O. The maximum atomic E-state index is 6.29. The molecule has 0 amide bonds. The molecule has 0 radical (unpaired) electrons. The van der Waals surface area contributed by atoms with Gasteiger partial charge in [0.25, 0.3) is 0 Å². The molecule has 0 heterocycles. The molecule has 1 aromatic rings. The van der Waals surface area contributed by atoms with Crippen molar-refractivity contribution in [3.05, 3.63) is 27.8 Å². The third kappa shape index (κ3) is 3.62. The van der Waals surface area contributed by atoms with Gasteiger partial charge in [0.15, 0.2) is 0 Å². The highest BCUT2D eigenvalue weighted by Gasteiger charge is 2.21. The highest BCUT2D eigenvalue weighted by Crippen LogP contribution is 2.39. The number of benzene rings is 1. The molecule has 108 valence electrons. The van der Waals surface area contributed by atoms with Crippen molar-refractivity contribution in [2.45, 2.75) is 33.1 Å². The van der Waals surface area contributed by atoms with E-state index in [-0.39, 0.29) is 0 Å². The number of halogens is 1. The lowest BCUT2D eigenvalue weighted by Gasteiger charge is -2.24. The van der Waals surface area contributed by atoms with Crippen molar-refractivity contribution in [1.82, 2.24) is 0 Å². The first-order valence-corrected chi connectivity index (χ1v) is 7.07. The maximum Gasteiger partial charge on any atom is 0.125 e. The Balaban J connectivity index is 3.17. The van der Waals surface area contributed by atoms with Crippen LogP contribution < -0.4 is 16.2 Å². The summed E-state index contributed by atoms with van der Waals surface area (Å²) in [6, 6.07) is 1.95. The predicted octanol–water partition coefficient (Wildman–Crippen LogP) is 2.99. The van der Waals surface area contributed by atoms with Crippen molar-refractivity contribution in [1.29, 1.82) is 0 Å². The highest BCUT2D eigenvalue weighted by atomic mass is 35.5. The van der Waals surface area contributed by atoms with Crippen LogP contribution in [-0.4, -0.2) is 20.2 Å². The first kappa shape index (κ1) is 16.3. The minimum Gasteiger partial charge on any atom is -0.496 e. The normalized spacial score (nSPS) is 12.8. The van der Waals surface area contributed by atoms with Gasteiger partial charge in [0, 0.05) is 10.6 Å². The van der Waals surface area contributed by atoms with Gasteiger partial charge in [0.1, 0.15) is 5.75 Å². The number of hydrogen-bond donors (Lipinski definition) is 2. The Hall–Kier alpha value is -0.770. The minimum atomic E-state index is 0.324. The first-order valence-electron chi connectivity index (χ1n) is 6.69. The van der Waals surface area contributed by atoms with Gasteiger partial charge in [-0.05, 0) is 62.4 Å². The van der Waals surface area contributed by atoms with Crippen LogP contribution in [0.1, 0.15) is 36.0 Å². The van der Waals surface area contributed by atoms with Gasteiger partial charge < -0.3 is 16.2 Å². The number of ether oxygens (including phenoxy) is 1. The fourth-order valence-corrected chi connectivity index (χ4v) is 2.91. The van der Waals surface area contributed by atoms with E-state index < -0.39 is 0 Å². The summed E-state index contributed by atoms with van der Waals surface area (Å²) in [7, 11) is 1.70. The average Bonchev–Trinajstić information content (AvgIpc) is 2.39. The summed E-state index contributed by atoms with van der Waals surface area (Å²) in [4.78, 5) is 0. The molecule has 1 aromatic carbocycles. The molecule has 4 heteroatoms. The Morgan fingerprint density at radius 2 is 1.84 bits per heavy atom. The molecular weight excluding hydrogens is 260 g/mol. The summed E-state index contributed by atoms with van der Waals surface area (Å²) < 4.78 is 5.56. The van der Waals surface area contributed by atoms with Gasteiger partial charge in [-0.25, -0.2) is 0 Å². The Bertz CT molecular complexity index is 431. The topological polar surface area (TPSA) is 61.3 Å². The quantitative estimate of drug-likeness (QED) is 0.844. The summed E-state index contributed by atoms with van der Waals surface area (Å²) in [6.07, 6.45) is 0.948. The standard InChI is InChI=1S/C15H25ClN2O/c1-9(5-12(7-17)8-18)14-11(3)13(16)6-10(2)15(14)19-4/h6,9,12H,5,7-8,17-18H2,1-4H3. The second-order valence-electron chi connectivity index (χ2n) is 5.22. The molecule has 19 heavy (non-hydrogen) atoms. The van der Waals surface area contributed by atoms with Crippen molar-refractivity contribution in [2.75, 3.05) is 20.2 Å². The van der Waals surface area contributed by atoms with Crippen LogP contribution in [0.4, 0.5) is 0 Å². The largest absolute Gasteiger partial charge is 0.496 e. The van der Waals surface area contributed by atoms with Crippen LogP contribution >= 0.6 is 11.6 Å². The van der Waals surface area contributed by atoms with E-state index in [4.69, 9.17) is 27.8 Å². The molecule has 1 rings (SSSR count). The van der Waals surface area contributed by atoms with Crippen molar-refractivity contribution >= 4 is 11.6 Å². The highest BCUT2D eigenvalue weighted by molar-refractivity contribution is 6.31. The van der Waals surface area contributed by atoms with Crippen LogP contribution in [0.5, 0.6) is 5.75 Å². The van der Waals surface area contributed by atoms with E-state index >= 15 is 0 Å². The van der Waals surface area contributed by atoms with Crippen LogP contribution in [0, 0.1) is 19.8 Å². The monoisotopic (exact) mass is 284 g/mol. The smallest absolute Gasteiger partial charge is 0.125 e. The van der Waals surface area contributed by atoms with E-state index in [1.807, 2.05) is 19.9 Å². The lowest BCUT2D eigenvalue weighted by molar-refractivity contribution is 0.393. The Morgan fingerprint density at radius 1 is 1.26 bits per heavy atom. The van der Waals surface area contributed by atoms with E-state index in [2.05, 4.69) is 6.92 Å². The second-order valence-corrected chi connectivity index (χ2v) is 5.63. The second kappa shape index (κ2) is 7.13. The van der Waals surface area contributed by atoms with Gasteiger partial charge in [-0.2, -0.15) is 0 Å². The summed E-state index contributed by atoms with van der Waals surface area (Å²) in [6.45, 7) is 7.46. The Labute approximate surface area is 121 Å². The number of hydrogen-bond acceptors (Lipinski definition) is 3. The third-order valence-electron chi connectivity index (χ3n) is 3.76. The first-order chi connectivity index (χ1) is 8.96. The SMILES string of the molecule is COc1c(C)cc(Cl)c(C)c1C(C)CC(CN)CN. The fraction of sp³-hybridized carbons (Fsp3) is 0.600. The summed E-state index contributed by atoms with van der Waals surface area (Å²) >= 11 is 6.29. The van der Waals surface area contributed by atoms with Crippen molar-refractivity contribution in [3.63, 3.8) is 0 Å². The molecule has 0 aliphatic rings. The number of nitrogens with two attached hydrogens (primary N) is 2. The molecule has 3 nitrogen and oxygen atoms in total. The van der Waals surface area contributed by atoms with Gasteiger partial charge >= 0.3 is 0 Å². The van der Waals surface area contributed by atoms with E-state index in [0.29, 0.717) is 24.9 Å². The third-order valence-corrected chi connectivity index (χ3v) is 4.15. The molecule has 0 aliphatic carbocycles. The summed E-state index contributed by atoms with van der Waals surface area (Å²) in [5.74, 6) is 1.59. The van der Waals surface area contributed by atoms with Crippen molar-refractivity contribution in [2.24, 2.45) is 17.4 Å². The van der Waals surface area contributed by atoms with E-state index in [1.165, 1.54) is 5.56 Å². The van der Waals surface area contributed by atoms with Gasteiger partial charge in [-0.3, -0.25) is 0 Å².